The van der Waals surface area contributed by atoms with Gasteiger partial charge in [-0.15, -0.1) is 0 Å². The third-order valence-corrected chi connectivity index (χ3v) is 6.73. The Morgan fingerprint density at radius 3 is 2.69 bits per heavy atom. The molecule has 4 rings (SSSR count). The average molecular weight is 573 g/mol. The molecule has 0 N–H and O–H groups in total. The molecule has 1 aromatic carbocycles. The molecule has 188 valence electrons. The molecule has 3 heterocycles. The van der Waals surface area contributed by atoms with Gasteiger partial charge in [-0.05, 0) is 66.5 Å². The van der Waals surface area contributed by atoms with Crippen molar-refractivity contribution < 1.29 is 23.4 Å². The number of fused-ring (bicyclic) bond motifs is 1. The van der Waals surface area contributed by atoms with Crippen LogP contribution in [-0.2, 0) is 9.53 Å². The van der Waals surface area contributed by atoms with E-state index in [1.54, 1.807) is 50.3 Å². The highest BCUT2D eigenvalue weighted by molar-refractivity contribution is 9.10. The molecule has 0 amide bonds. The number of aromatic nitrogens is 1. The van der Waals surface area contributed by atoms with Crippen LogP contribution in [-0.4, -0.2) is 30.4 Å². The maximum Gasteiger partial charge on any atom is 0.338 e. The van der Waals surface area contributed by atoms with Crippen LogP contribution in [0.15, 0.2) is 73.1 Å². The lowest BCUT2D eigenvalue weighted by Gasteiger charge is -2.25. The molecule has 0 bridgehead atoms. The van der Waals surface area contributed by atoms with E-state index in [0.717, 1.165) is 0 Å². The Balaban J connectivity index is 1.93. The molecule has 1 atom stereocenters. The molecule has 36 heavy (non-hydrogen) atoms. The van der Waals surface area contributed by atoms with Gasteiger partial charge in [-0.1, -0.05) is 30.1 Å². The van der Waals surface area contributed by atoms with Gasteiger partial charge in [0.25, 0.3) is 5.56 Å². The number of ether oxygens (including phenoxy) is 3. The van der Waals surface area contributed by atoms with E-state index >= 15 is 0 Å². The minimum absolute atomic E-state index is 0.193. The fourth-order valence-corrected chi connectivity index (χ4v) is 5.22. The van der Waals surface area contributed by atoms with Crippen molar-refractivity contribution in [3.63, 3.8) is 0 Å². The van der Waals surface area contributed by atoms with Crippen LogP contribution in [0.4, 0.5) is 0 Å². The van der Waals surface area contributed by atoms with Crippen molar-refractivity contribution in [1.29, 1.82) is 0 Å². The van der Waals surface area contributed by atoms with Crippen LogP contribution in [0.1, 0.15) is 38.1 Å². The number of halogens is 1. The van der Waals surface area contributed by atoms with E-state index in [1.807, 2.05) is 13.0 Å². The first-order valence-corrected chi connectivity index (χ1v) is 12.9. The number of benzene rings is 1. The maximum atomic E-state index is 13.6. The standard InChI is InChI=1S/C26H25BrN2O6S/c1-5-12-34-18-10-8-16(13-19(18)32-6-2)23-22(25(31)33-7-3)15(4)28-26-29(23)24(30)20(36-26)14-17-9-11-21(27)35-17/h5,8-11,13-14,23H,1,6-7,12H2,2-4H3/b20-14+. The molecule has 1 aliphatic heterocycles. The number of hydrogen-bond acceptors (Lipinski definition) is 8. The van der Waals surface area contributed by atoms with Gasteiger partial charge in [-0.3, -0.25) is 9.36 Å². The Morgan fingerprint density at radius 2 is 2.03 bits per heavy atom. The number of hydrogen-bond donors (Lipinski definition) is 0. The van der Waals surface area contributed by atoms with Gasteiger partial charge in [0.05, 0.1) is 35.1 Å². The number of furan rings is 1. The largest absolute Gasteiger partial charge is 0.490 e. The zero-order chi connectivity index (χ0) is 25.8. The van der Waals surface area contributed by atoms with E-state index in [0.29, 0.717) is 61.3 Å². The third kappa shape index (κ3) is 5.10. The van der Waals surface area contributed by atoms with E-state index in [1.165, 1.54) is 15.9 Å². The highest BCUT2D eigenvalue weighted by Crippen LogP contribution is 2.36. The number of thiazole rings is 1. The molecular formula is C26H25BrN2O6S. The van der Waals surface area contributed by atoms with Crippen molar-refractivity contribution in [2.75, 3.05) is 19.8 Å². The van der Waals surface area contributed by atoms with Gasteiger partial charge in [0.15, 0.2) is 21.0 Å². The van der Waals surface area contributed by atoms with Crippen LogP contribution < -0.4 is 24.4 Å². The summed E-state index contributed by atoms with van der Waals surface area (Å²) in [6, 6.07) is 8.10. The summed E-state index contributed by atoms with van der Waals surface area (Å²) in [7, 11) is 0. The predicted molar refractivity (Wildman–Crippen MR) is 140 cm³/mol. The van der Waals surface area contributed by atoms with Crippen molar-refractivity contribution in [1.82, 2.24) is 4.57 Å². The van der Waals surface area contributed by atoms with Crippen LogP contribution >= 0.6 is 27.3 Å². The molecule has 0 radical (unpaired) electrons. The Morgan fingerprint density at radius 1 is 1.22 bits per heavy atom. The van der Waals surface area contributed by atoms with Gasteiger partial charge in [-0.2, -0.15) is 0 Å². The quantitative estimate of drug-likeness (QED) is 0.283. The average Bonchev–Trinajstić information content (AvgIpc) is 3.39. The Labute approximate surface area is 220 Å². The van der Waals surface area contributed by atoms with Crippen molar-refractivity contribution in [3.05, 3.63) is 89.9 Å². The first kappa shape index (κ1) is 25.7. The molecule has 0 saturated carbocycles. The number of carbonyl (C=O) groups excluding carboxylic acids is 1. The second-order valence-corrected chi connectivity index (χ2v) is 9.47. The summed E-state index contributed by atoms with van der Waals surface area (Å²) in [4.78, 5) is 31.8. The van der Waals surface area contributed by atoms with Crippen molar-refractivity contribution in [2.24, 2.45) is 4.99 Å². The molecule has 10 heteroatoms. The molecule has 0 saturated heterocycles. The van der Waals surface area contributed by atoms with Gasteiger partial charge in [0.2, 0.25) is 0 Å². The third-order valence-electron chi connectivity index (χ3n) is 5.32. The summed E-state index contributed by atoms with van der Waals surface area (Å²) in [5.74, 6) is 1.03. The lowest BCUT2D eigenvalue weighted by atomic mass is 9.95. The number of nitrogens with zero attached hydrogens (tertiary/aromatic N) is 2. The minimum Gasteiger partial charge on any atom is -0.490 e. The van der Waals surface area contributed by atoms with Crippen LogP contribution in [0, 0.1) is 0 Å². The molecule has 1 aliphatic rings. The zero-order valence-corrected chi connectivity index (χ0v) is 22.5. The Hall–Kier alpha value is -3.37. The van der Waals surface area contributed by atoms with Crippen molar-refractivity contribution in [2.45, 2.75) is 26.8 Å². The van der Waals surface area contributed by atoms with Gasteiger partial charge in [0, 0.05) is 6.08 Å². The van der Waals surface area contributed by atoms with E-state index in [2.05, 4.69) is 27.5 Å². The highest BCUT2D eigenvalue weighted by Gasteiger charge is 2.34. The minimum atomic E-state index is -0.765. The monoisotopic (exact) mass is 572 g/mol. The first-order chi connectivity index (χ1) is 17.4. The lowest BCUT2D eigenvalue weighted by Crippen LogP contribution is -2.40. The second kappa shape index (κ2) is 11.1. The van der Waals surface area contributed by atoms with E-state index in [4.69, 9.17) is 18.6 Å². The van der Waals surface area contributed by atoms with Gasteiger partial charge >= 0.3 is 5.97 Å². The van der Waals surface area contributed by atoms with Crippen LogP contribution in [0.5, 0.6) is 11.5 Å². The van der Waals surface area contributed by atoms with Gasteiger partial charge in [-0.25, -0.2) is 9.79 Å². The molecule has 2 aromatic heterocycles. The van der Waals surface area contributed by atoms with E-state index in [9.17, 15) is 9.59 Å². The molecular weight excluding hydrogens is 548 g/mol. The molecule has 0 spiro atoms. The normalized spacial score (nSPS) is 15.3. The second-order valence-electron chi connectivity index (χ2n) is 7.68. The summed E-state index contributed by atoms with van der Waals surface area (Å²) in [6.45, 7) is 9.94. The number of carbonyl (C=O) groups is 1. The van der Waals surface area contributed by atoms with E-state index < -0.39 is 12.0 Å². The maximum absolute atomic E-state index is 13.6. The fraction of sp³-hybridized carbons (Fsp3) is 0.269. The molecule has 3 aromatic rings. The SMILES string of the molecule is C=CCOc1ccc(C2C(C(=O)OCC)=C(C)N=c3s/c(=C/c4ccc(Br)o4)c(=O)n32)cc1OCC. The fourth-order valence-electron chi connectivity index (χ4n) is 3.87. The smallest absolute Gasteiger partial charge is 0.338 e. The van der Waals surface area contributed by atoms with Crippen LogP contribution in [0.3, 0.4) is 0 Å². The lowest BCUT2D eigenvalue weighted by molar-refractivity contribution is -0.139. The van der Waals surface area contributed by atoms with Crippen molar-refractivity contribution >= 4 is 39.3 Å². The first-order valence-electron chi connectivity index (χ1n) is 11.3. The van der Waals surface area contributed by atoms with Gasteiger partial charge in [0.1, 0.15) is 12.4 Å². The van der Waals surface area contributed by atoms with Gasteiger partial charge < -0.3 is 18.6 Å². The van der Waals surface area contributed by atoms with Crippen LogP contribution in [0.25, 0.3) is 6.08 Å². The number of rotatable bonds is 9. The Kier molecular flexibility index (Phi) is 7.95. The summed E-state index contributed by atoms with van der Waals surface area (Å²) >= 11 is 4.50. The topological polar surface area (TPSA) is 92.3 Å². The molecule has 0 fully saturated rings. The summed E-state index contributed by atoms with van der Waals surface area (Å²) in [5.41, 5.74) is 1.14. The molecule has 8 nitrogen and oxygen atoms in total. The number of esters is 1. The van der Waals surface area contributed by atoms with Crippen LogP contribution in [0.2, 0.25) is 0 Å². The summed E-state index contributed by atoms with van der Waals surface area (Å²) in [6.07, 6.45) is 3.30. The molecule has 0 aliphatic carbocycles. The predicted octanol–water partition coefficient (Wildman–Crippen LogP) is 4.12. The summed E-state index contributed by atoms with van der Waals surface area (Å²) < 4.78 is 25.0. The zero-order valence-electron chi connectivity index (χ0n) is 20.1. The molecule has 1 unspecified atom stereocenters. The summed E-state index contributed by atoms with van der Waals surface area (Å²) in [5, 5.41) is 0. The van der Waals surface area contributed by atoms with Crippen molar-refractivity contribution in [3.8, 4) is 11.5 Å². The highest BCUT2D eigenvalue weighted by atomic mass is 79.9. The van der Waals surface area contributed by atoms with E-state index in [-0.39, 0.29) is 12.2 Å². The Bertz CT molecular complexity index is 1510. The number of allylic oxidation sites excluding steroid dienone is 1.